The molecule has 3 aromatic rings. The Hall–Kier alpha value is -2.36. The van der Waals surface area contributed by atoms with Crippen LogP contribution in [-0.2, 0) is 0 Å². The second kappa shape index (κ2) is 6.18. The summed E-state index contributed by atoms with van der Waals surface area (Å²) in [5, 5.41) is 10.1. The van der Waals surface area contributed by atoms with E-state index >= 15 is 0 Å². The number of pyridine rings is 1. The summed E-state index contributed by atoms with van der Waals surface area (Å²) in [7, 11) is 0. The summed E-state index contributed by atoms with van der Waals surface area (Å²) >= 11 is 7.00. The molecule has 0 atom stereocenters. The second-order valence-corrected chi connectivity index (χ2v) is 5.57. The number of aromatic nitrogens is 2. The van der Waals surface area contributed by atoms with Crippen LogP contribution in [0.4, 0.5) is 4.39 Å². The quantitative estimate of drug-likeness (QED) is 0.704. The predicted octanol–water partition coefficient (Wildman–Crippen LogP) is 4.55. The van der Waals surface area contributed by atoms with Crippen LogP contribution in [0.1, 0.15) is 5.69 Å². The molecule has 0 radical (unpaired) electrons. The average Bonchev–Trinajstić information content (AvgIpc) is 2.98. The van der Waals surface area contributed by atoms with Gasteiger partial charge >= 0.3 is 0 Å². The van der Waals surface area contributed by atoms with E-state index in [0.29, 0.717) is 21.0 Å². The fraction of sp³-hybridized carbons (Fsp3) is 0. The lowest BCUT2D eigenvalue weighted by Gasteiger charge is -1.99. The molecule has 2 heterocycles. The zero-order chi connectivity index (χ0) is 15.5. The lowest BCUT2D eigenvalue weighted by atomic mass is 10.2. The van der Waals surface area contributed by atoms with Crippen LogP contribution in [0, 0.1) is 17.1 Å². The molecule has 0 saturated heterocycles. The minimum Gasteiger partial charge on any atom is -0.431 e. The third-order valence-electron chi connectivity index (χ3n) is 2.73. The maximum atomic E-state index is 12.9. The number of oxazole rings is 1. The second-order valence-electron chi connectivity index (χ2n) is 4.19. The molecule has 1 aromatic carbocycles. The summed E-state index contributed by atoms with van der Waals surface area (Å²) in [6.45, 7) is 0. The van der Waals surface area contributed by atoms with Crippen molar-refractivity contribution in [3.05, 3.63) is 59.1 Å². The molecule has 0 amide bonds. The van der Waals surface area contributed by atoms with Gasteiger partial charge in [-0.15, -0.1) is 0 Å². The van der Waals surface area contributed by atoms with Gasteiger partial charge in [0.15, 0.2) is 11.5 Å². The van der Waals surface area contributed by atoms with Gasteiger partial charge in [0, 0.05) is 5.56 Å². The van der Waals surface area contributed by atoms with E-state index in [1.54, 1.807) is 30.5 Å². The maximum Gasteiger partial charge on any atom is 0.262 e. The molecule has 0 aliphatic heterocycles. The highest BCUT2D eigenvalue weighted by atomic mass is 35.5. The Bertz CT molecular complexity index is 858. The van der Waals surface area contributed by atoms with Gasteiger partial charge in [-0.25, -0.2) is 14.4 Å². The molecule has 0 spiro atoms. The summed E-state index contributed by atoms with van der Waals surface area (Å²) in [4.78, 5) is 8.23. The van der Waals surface area contributed by atoms with E-state index in [1.165, 1.54) is 23.9 Å². The van der Waals surface area contributed by atoms with Gasteiger partial charge in [0.1, 0.15) is 16.9 Å². The zero-order valence-electron chi connectivity index (χ0n) is 11.0. The number of halogens is 2. The van der Waals surface area contributed by atoms with Crippen molar-refractivity contribution in [1.29, 1.82) is 5.26 Å². The molecule has 0 fully saturated rings. The highest BCUT2D eigenvalue weighted by Crippen LogP contribution is 2.30. The van der Waals surface area contributed by atoms with Crippen molar-refractivity contribution >= 4 is 23.4 Å². The number of hydrogen-bond donors (Lipinski definition) is 0. The fourth-order valence-electron chi connectivity index (χ4n) is 1.70. The van der Waals surface area contributed by atoms with Gasteiger partial charge in [0.05, 0.1) is 11.2 Å². The van der Waals surface area contributed by atoms with Crippen LogP contribution in [0.5, 0.6) is 0 Å². The van der Waals surface area contributed by atoms with Crippen LogP contribution in [0.25, 0.3) is 11.3 Å². The summed E-state index contributed by atoms with van der Waals surface area (Å²) < 4.78 is 18.5. The maximum absolute atomic E-state index is 12.9. The van der Waals surface area contributed by atoms with E-state index in [1.807, 2.05) is 6.07 Å². The zero-order valence-corrected chi connectivity index (χ0v) is 12.5. The van der Waals surface area contributed by atoms with Crippen LogP contribution < -0.4 is 0 Å². The third kappa shape index (κ3) is 3.11. The summed E-state index contributed by atoms with van der Waals surface area (Å²) in [5.41, 5.74) is 0.875. The molecule has 0 saturated carbocycles. The van der Waals surface area contributed by atoms with Crippen LogP contribution >= 0.6 is 23.4 Å². The monoisotopic (exact) mass is 331 g/mol. The Morgan fingerprint density at radius 1 is 1.18 bits per heavy atom. The van der Waals surface area contributed by atoms with E-state index in [9.17, 15) is 4.39 Å². The number of hydrogen-bond acceptors (Lipinski definition) is 5. The van der Waals surface area contributed by atoms with Crippen LogP contribution in [0.3, 0.4) is 0 Å². The van der Waals surface area contributed by atoms with E-state index in [2.05, 4.69) is 9.97 Å². The summed E-state index contributed by atoms with van der Waals surface area (Å²) in [6.07, 6.45) is 1.55. The molecular weight excluding hydrogens is 325 g/mol. The molecule has 108 valence electrons. The van der Waals surface area contributed by atoms with Gasteiger partial charge in [0.2, 0.25) is 0 Å². The van der Waals surface area contributed by atoms with E-state index < -0.39 is 0 Å². The topological polar surface area (TPSA) is 62.7 Å². The van der Waals surface area contributed by atoms with Crippen molar-refractivity contribution in [1.82, 2.24) is 9.97 Å². The number of benzene rings is 1. The molecule has 4 nitrogen and oxygen atoms in total. The molecule has 0 N–H and O–H groups in total. The first kappa shape index (κ1) is 14.6. The smallest absolute Gasteiger partial charge is 0.262 e. The molecule has 3 rings (SSSR count). The van der Waals surface area contributed by atoms with Gasteiger partial charge in [-0.1, -0.05) is 11.6 Å². The van der Waals surface area contributed by atoms with Gasteiger partial charge < -0.3 is 4.42 Å². The first-order chi connectivity index (χ1) is 10.7. The molecular formula is C15H7ClFN3OS. The van der Waals surface area contributed by atoms with Gasteiger partial charge in [-0.05, 0) is 48.2 Å². The van der Waals surface area contributed by atoms with Crippen LogP contribution in [0.15, 0.2) is 57.3 Å². The first-order valence-corrected chi connectivity index (χ1v) is 7.31. The minimum absolute atomic E-state index is 0.150. The minimum atomic E-state index is -0.313. The van der Waals surface area contributed by atoms with Gasteiger partial charge in [-0.3, -0.25) is 0 Å². The van der Waals surface area contributed by atoms with Crippen molar-refractivity contribution in [2.75, 3.05) is 0 Å². The average molecular weight is 332 g/mol. The lowest BCUT2D eigenvalue weighted by Crippen LogP contribution is -1.86. The van der Waals surface area contributed by atoms with Crippen molar-refractivity contribution in [3.63, 3.8) is 0 Å². The molecule has 0 unspecified atom stereocenters. The van der Waals surface area contributed by atoms with E-state index in [0.717, 1.165) is 5.56 Å². The molecule has 0 aliphatic rings. The lowest BCUT2D eigenvalue weighted by molar-refractivity contribution is 0.466. The van der Waals surface area contributed by atoms with Gasteiger partial charge in [0.25, 0.3) is 5.22 Å². The number of nitriles is 1. The Balaban J connectivity index is 1.83. The molecule has 22 heavy (non-hydrogen) atoms. The van der Waals surface area contributed by atoms with Crippen molar-refractivity contribution in [2.45, 2.75) is 10.2 Å². The Morgan fingerprint density at radius 3 is 2.68 bits per heavy atom. The standard InChI is InChI=1S/C15H7ClFN3OS/c16-11-5-6-14(20-12(11)7-18)22-15-19-8-13(21-15)9-1-3-10(17)4-2-9/h1-6,8H. The van der Waals surface area contributed by atoms with E-state index in [-0.39, 0.29) is 11.5 Å². The highest BCUT2D eigenvalue weighted by Gasteiger charge is 2.10. The predicted molar refractivity (Wildman–Crippen MR) is 80.0 cm³/mol. The van der Waals surface area contributed by atoms with Gasteiger partial charge in [-0.2, -0.15) is 5.26 Å². The molecule has 0 aliphatic carbocycles. The molecule has 2 aromatic heterocycles. The number of nitrogens with zero attached hydrogens (tertiary/aromatic N) is 3. The largest absolute Gasteiger partial charge is 0.431 e. The normalized spacial score (nSPS) is 10.4. The Labute approximate surface area is 134 Å². The molecule has 7 heteroatoms. The van der Waals surface area contributed by atoms with Crippen LogP contribution in [0.2, 0.25) is 5.02 Å². The summed E-state index contributed by atoms with van der Waals surface area (Å²) in [5.74, 6) is 0.212. The SMILES string of the molecule is N#Cc1nc(Sc2ncc(-c3ccc(F)cc3)o2)ccc1Cl. The third-order valence-corrected chi connectivity index (χ3v) is 3.84. The fourth-order valence-corrected chi connectivity index (χ4v) is 2.54. The Kier molecular flexibility index (Phi) is 4.09. The van der Waals surface area contributed by atoms with Crippen molar-refractivity contribution in [3.8, 4) is 17.4 Å². The summed E-state index contributed by atoms with van der Waals surface area (Å²) in [6, 6.07) is 11.1. The Morgan fingerprint density at radius 2 is 1.95 bits per heavy atom. The van der Waals surface area contributed by atoms with Crippen LogP contribution in [-0.4, -0.2) is 9.97 Å². The number of rotatable bonds is 3. The van der Waals surface area contributed by atoms with Crippen molar-refractivity contribution < 1.29 is 8.81 Å². The molecule has 0 bridgehead atoms. The highest BCUT2D eigenvalue weighted by molar-refractivity contribution is 7.99. The van der Waals surface area contributed by atoms with E-state index in [4.69, 9.17) is 21.3 Å². The van der Waals surface area contributed by atoms with Crippen molar-refractivity contribution in [2.24, 2.45) is 0 Å². The first-order valence-electron chi connectivity index (χ1n) is 6.12.